The molecular formula is C15H12ClIN2OS. The number of halogens is 2. The minimum atomic E-state index is -0.243. The molecule has 3 nitrogen and oxygen atoms in total. The second kappa shape index (κ2) is 7.20. The van der Waals surface area contributed by atoms with E-state index in [9.17, 15) is 4.79 Å². The van der Waals surface area contributed by atoms with Crippen LogP contribution in [0.2, 0.25) is 5.02 Å². The number of carbonyl (C=O) groups is 1. The number of amides is 1. The summed E-state index contributed by atoms with van der Waals surface area (Å²) in [4.78, 5) is 12.1. The molecule has 0 atom stereocenters. The molecule has 108 valence electrons. The summed E-state index contributed by atoms with van der Waals surface area (Å²) in [5.74, 6) is -0.243. The number of hydrogen-bond donors (Lipinski definition) is 2. The van der Waals surface area contributed by atoms with Crippen molar-refractivity contribution in [1.82, 2.24) is 5.32 Å². The molecule has 0 fully saturated rings. The number of benzene rings is 2. The number of thiocarbonyl (C=S) groups is 1. The first-order valence-corrected chi connectivity index (χ1v) is 7.96. The lowest BCUT2D eigenvalue weighted by atomic mass is 10.1. The molecule has 0 saturated heterocycles. The van der Waals surface area contributed by atoms with Crippen molar-refractivity contribution < 1.29 is 4.79 Å². The third-order valence-electron chi connectivity index (χ3n) is 2.74. The summed E-state index contributed by atoms with van der Waals surface area (Å²) >= 11 is 13.2. The lowest BCUT2D eigenvalue weighted by Gasteiger charge is -2.10. The fraction of sp³-hybridized carbons (Fsp3) is 0.0667. The zero-order valence-corrected chi connectivity index (χ0v) is 14.8. The van der Waals surface area contributed by atoms with E-state index in [4.69, 9.17) is 23.8 Å². The second-order valence-corrected chi connectivity index (χ2v) is 6.39. The molecule has 0 unspecified atom stereocenters. The van der Waals surface area contributed by atoms with Crippen molar-refractivity contribution in [2.45, 2.75) is 6.92 Å². The Morgan fingerprint density at radius 2 is 2.00 bits per heavy atom. The molecule has 2 aromatic rings. The Morgan fingerprint density at radius 1 is 1.24 bits per heavy atom. The minimum absolute atomic E-state index is 0.234. The van der Waals surface area contributed by atoms with Gasteiger partial charge in [0.1, 0.15) is 0 Å². The van der Waals surface area contributed by atoms with Gasteiger partial charge in [0.05, 0.1) is 0 Å². The molecule has 2 rings (SSSR count). The molecule has 2 aromatic carbocycles. The molecule has 0 aliphatic rings. The maximum atomic E-state index is 12.1. The molecule has 21 heavy (non-hydrogen) atoms. The molecule has 0 aliphatic carbocycles. The Labute approximate surface area is 147 Å². The van der Waals surface area contributed by atoms with Crippen LogP contribution in [0.3, 0.4) is 0 Å². The molecule has 1 amide bonds. The maximum Gasteiger partial charge on any atom is 0.257 e. The predicted octanol–water partition coefficient (Wildman–Crippen LogP) is 4.38. The molecular weight excluding hydrogens is 419 g/mol. The van der Waals surface area contributed by atoms with E-state index in [1.807, 2.05) is 25.1 Å². The molecule has 0 aliphatic heterocycles. The fourth-order valence-corrected chi connectivity index (χ4v) is 2.55. The Bertz CT molecular complexity index is 706. The first kappa shape index (κ1) is 16.2. The summed E-state index contributed by atoms with van der Waals surface area (Å²) in [6, 6.07) is 12.6. The van der Waals surface area contributed by atoms with Crippen LogP contribution in [0.4, 0.5) is 5.69 Å². The van der Waals surface area contributed by atoms with Gasteiger partial charge in [-0.15, -0.1) is 0 Å². The standard InChI is InChI=1S/C15H12ClIN2OS/c1-9-5-6-10(7-13(9)17)14(20)19-15(21)18-12-4-2-3-11(16)8-12/h2-8H,1H3,(H2,18,19,20,21). The van der Waals surface area contributed by atoms with Gasteiger partial charge in [-0.1, -0.05) is 23.7 Å². The molecule has 0 heterocycles. The zero-order valence-electron chi connectivity index (χ0n) is 11.1. The van der Waals surface area contributed by atoms with Gasteiger partial charge in [-0.05, 0) is 77.6 Å². The summed E-state index contributed by atoms with van der Waals surface area (Å²) in [5.41, 5.74) is 2.43. The SMILES string of the molecule is Cc1ccc(C(=O)NC(=S)Nc2cccc(Cl)c2)cc1I. The van der Waals surface area contributed by atoms with E-state index in [-0.39, 0.29) is 11.0 Å². The van der Waals surface area contributed by atoms with Gasteiger partial charge in [0.2, 0.25) is 0 Å². The van der Waals surface area contributed by atoms with Crippen molar-refractivity contribution in [3.05, 3.63) is 62.2 Å². The maximum absolute atomic E-state index is 12.1. The molecule has 0 radical (unpaired) electrons. The largest absolute Gasteiger partial charge is 0.332 e. The zero-order chi connectivity index (χ0) is 15.4. The Morgan fingerprint density at radius 3 is 2.67 bits per heavy atom. The van der Waals surface area contributed by atoms with Crippen molar-refractivity contribution in [2.75, 3.05) is 5.32 Å². The summed E-state index contributed by atoms with van der Waals surface area (Å²) in [6.07, 6.45) is 0. The monoisotopic (exact) mass is 430 g/mol. The lowest BCUT2D eigenvalue weighted by molar-refractivity contribution is 0.0977. The average molecular weight is 431 g/mol. The van der Waals surface area contributed by atoms with Crippen LogP contribution >= 0.6 is 46.4 Å². The van der Waals surface area contributed by atoms with E-state index in [2.05, 4.69) is 33.2 Å². The lowest BCUT2D eigenvalue weighted by Crippen LogP contribution is -2.34. The van der Waals surface area contributed by atoms with E-state index in [1.54, 1.807) is 24.3 Å². The summed E-state index contributed by atoms with van der Waals surface area (Å²) in [5, 5.41) is 6.40. The smallest absolute Gasteiger partial charge is 0.257 e. The van der Waals surface area contributed by atoms with Crippen LogP contribution in [-0.4, -0.2) is 11.0 Å². The van der Waals surface area contributed by atoms with Gasteiger partial charge in [-0.2, -0.15) is 0 Å². The van der Waals surface area contributed by atoms with Crippen LogP contribution in [0.15, 0.2) is 42.5 Å². The van der Waals surface area contributed by atoms with Gasteiger partial charge in [-0.3, -0.25) is 10.1 Å². The van der Waals surface area contributed by atoms with E-state index in [0.717, 1.165) is 14.8 Å². The number of nitrogens with one attached hydrogen (secondary N) is 2. The molecule has 0 aromatic heterocycles. The summed E-state index contributed by atoms with van der Waals surface area (Å²) in [7, 11) is 0. The topological polar surface area (TPSA) is 41.1 Å². The highest BCUT2D eigenvalue weighted by Gasteiger charge is 2.09. The second-order valence-electron chi connectivity index (χ2n) is 4.38. The molecule has 0 spiro atoms. The normalized spacial score (nSPS) is 10.0. The van der Waals surface area contributed by atoms with Crippen LogP contribution in [0, 0.1) is 10.5 Å². The molecule has 2 N–H and O–H groups in total. The number of anilines is 1. The van der Waals surface area contributed by atoms with Crippen molar-refractivity contribution in [3.63, 3.8) is 0 Å². The van der Waals surface area contributed by atoms with Crippen LogP contribution in [0.25, 0.3) is 0 Å². The van der Waals surface area contributed by atoms with Crippen LogP contribution < -0.4 is 10.6 Å². The fourth-order valence-electron chi connectivity index (χ4n) is 1.64. The number of rotatable bonds is 2. The van der Waals surface area contributed by atoms with E-state index >= 15 is 0 Å². The molecule has 0 bridgehead atoms. The van der Waals surface area contributed by atoms with Gasteiger partial charge >= 0.3 is 0 Å². The van der Waals surface area contributed by atoms with Gasteiger partial charge in [0.15, 0.2) is 5.11 Å². The quantitative estimate of drug-likeness (QED) is 0.549. The molecule has 6 heteroatoms. The van der Waals surface area contributed by atoms with Crippen LogP contribution in [-0.2, 0) is 0 Å². The third-order valence-corrected chi connectivity index (χ3v) is 4.34. The Balaban J connectivity index is 2.02. The van der Waals surface area contributed by atoms with E-state index in [0.29, 0.717) is 10.6 Å². The third kappa shape index (κ3) is 4.66. The highest BCUT2D eigenvalue weighted by atomic mass is 127. The predicted molar refractivity (Wildman–Crippen MR) is 99.0 cm³/mol. The number of aryl methyl sites for hydroxylation is 1. The van der Waals surface area contributed by atoms with Crippen molar-refractivity contribution >= 4 is 63.1 Å². The van der Waals surface area contributed by atoms with Crippen molar-refractivity contribution in [2.24, 2.45) is 0 Å². The molecule has 0 saturated carbocycles. The number of hydrogen-bond acceptors (Lipinski definition) is 2. The van der Waals surface area contributed by atoms with Gasteiger partial charge in [-0.25, -0.2) is 0 Å². The van der Waals surface area contributed by atoms with Gasteiger partial charge in [0, 0.05) is 19.8 Å². The van der Waals surface area contributed by atoms with Gasteiger partial charge in [0.25, 0.3) is 5.91 Å². The Hall–Kier alpha value is -1.18. The highest BCUT2D eigenvalue weighted by molar-refractivity contribution is 14.1. The first-order valence-electron chi connectivity index (χ1n) is 6.10. The van der Waals surface area contributed by atoms with Crippen molar-refractivity contribution in [1.29, 1.82) is 0 Å². The van der Waals surface area contributed by atoms with E-state index in [1.165, 1.54) is 0 Å². The summed E-state index contributed by atoms with van der Waals surface area (Å²) in [6.45, 7) is 1.99. The first-order chi connectivity index (χ1) is 9.95. The minimum Gasteiger partial charge on any atom is -0.332 e. The van der Waals surface area contributed by atoms with Crippen molar-refractivity contribution in [3.8, 4) is 0 Å². The Kier molecular flexibility index (Phi) is 5.55. The average Bonchev–Trinajstić information content (AvgIpc) is 2.41. The van der Waals surface area contributed by atoms with Gasteiger partial charge < -0.3 is 5.32 Å². The van der Waals surface area contributed by atoms with Crippen LogP contribution in [0.1, 0.15) is 15.9 Å². The number of carbonyl (C=O) groups excluding carboxylic acids is 1. The van der Waals surface area contributed by atoms with E-state index < -0.39 is 0 Å². The summed E-state index contributed by atoms with van der Waals surface area (Å²) < 4.78 is 1.04. The van der Waals surface area contributed by atoms with Crippen LogP contribution in [0.5, 0.6) is 0 Å². The highest BCUT2D eigenvalue weighted by Crippen LogP contribution is 2.15.